The molecule has 0 saturated heterocycles. The minimum atomic E-state index is -2.92. The molecule has 0 saturated carbocycles. The zero-order chi connectivity index (χ0) is 12.8. The van der Waals surface area contributed by atoms with Crippen LogP contribution in [-0.2, 0) is 0 Å². The molecule has 1 aromatic rings. The van der Waals surface area contributed by atoms with E-state index in [1.54, 1.807) is 0 Å². The van der Waals surface area contributed by atoms with Crippen LogP contribution in [0.1, 0.15) is 16.8 Å². The second-order valence-electron chi connectivity index (χ2n) is 3.11. The maximum atomic E-state index is 12.1. The lowest BCUT2D eigenvalue weighted by atomic mass is 10.1. The summed E-state index contributed by atoms with van der Waals surface area (Å²) in [4.78, 5) is 11.6. The first-order valence-electron chi connectivity index (χ1n) is 4.80. The standard InChI is InChI=1S/C11H11BrF2O3/c1-16-10-6-7(8(15)4-5-12)2-3-9(10)17-11(13)14/h2-3,6,11H,4-5H2,1H3. The van der Waals surface area contributed by atoms with Crippen molar-refractivity contribution in [1.82, 2.24) is 0 Å². The summed E-state index contributed by atoms with van der Waals surface area (Å²) in [6, 6.07) is 4.13. The first-order valence-corrected chi connectivity index (χ1v) is 5.92. The molecule has 3 nitrogen and oxygen atoms in total. The molecule has 6 heteroatoms. The topological polar surface area (TPSA) is 35.5 Å². The van der Waals surface area contributed by atoms with E-state index >= 15 is 0 Å². The Morgan fingerprint density at radius 1 is 1.41 bits per heavy atom. The number of benzene rings is 1. The Morgan fingerprint density at radius 3 is 2.65 bits per heavy atom. The van der Waals surface area contributed by atoms with Crippen LogP contribution < -0.4 is 9.47 Å². The third-order valence-corrected chi connectivity index (χ3v) is 2.42. The second kappa shape index (κ2) is 6.54. The number of ketones is 1. The number of Topliss-reactive ketones (excluding diaryl/α,β-unsaturated/α-hetero) is 1. The number of rotatable bonds is 6. The molecule has 0 atom stereocenters. The molecule has 1 rings (SSSR count). The molecule has 0 heterocycles. The number of ether oxygens (including phenoxy) is 2. The van der Waals surface area contributed by atoms with Gasteiger partial charge in [0.1, 0.15) is 0 Å². The predicted octanol–water partition coefficient (Wildman–Crippen LogP) is 3.26. The smallest absolute Gasteiger partial charge is 0.387 e. The summed E-state index contributed by atoms with van der Waals surface area (Å²) in [5.74, 6) is -0.0626. The lowest BCUT2D eigenvalue weighted by Crippen LogP contribution is -2.05. The fraction of sp³-hybridized carbons (Fsp3) is 0.364. The molecule has 17 heavy (non-hydrogen) atoms. The van der Waals surface area contributed by atoms with Gasteiger partial charge in [0.2, 0.25) is 0 Å². The van der Waals surface area contributed by atoms with E-state index in [9.17, 15) is 13.6 Å². The molecule has 0 N–H and O–H groups in total. The Hall–Kier alpha value is -1.17. The Labute approximate surface area is 106 Å². The van der Waals surface area contributed by atoms with Crippen molar-refractivity contribution in [3.63, 3.8) is 0 Å². The van der Waals surface area contributed by atoms with E-state index < -0.39 is 6.61 Å². The molecule has 0 aliphatic heterocycles. The molecule has 0 amide bonds. The normalized spacial score (nSPS) is 10.4. The summed E-state index contributed by atoms with van der Waals surface area (Å²) in [6.07, 6.45) is 0.332. The van der Waals surface area contributed by atoms with Crippen molar-refractivity contribution < 1.29 is 23.0 Å². The van der Waals surface area contributed by atoms with Gasteiger partial charge in [-0.1, -0.05) is 15.9 Å². The van der Waals surface area contributed by atoms with Crippen LogP contribution in [0.2, 0.25) is 0 Å². The zero-order valence-corrected chi connectivity index (χ0v) is 10.7. The van der Waals surface area contributed by atoms with Crippen LogP contribution in [0.3, 0.4) is 0 Å². The van der Waals surface area contributed by atoms with E-state index in [0.717, 1.165) is 0 Å². The Kier molecular flexibility index (Phi) is 5.34. The van der Waals surface area contributed by atoms with Gasteiger partial charge in [0.05, 0.1) is 7.11 Å². The highest BCUT2D eigenvalue weighted by Crippen LogP contribution is 2.29. The molecular weight excluding hydrogens is 298 g/mol. The van der Waals surface area contributed by atoms with Gasteiger partial charge in [0, 0.05) is 17.3 Å². The van der Waals surface area contributed by atoms with Gasteiger partial charge >= 0.3 is 6.61 Å². The molecule has 0 spiro atoms. The first-order chi connectivity index (χ1) is 8.08. The first kappa shape index (κ1) is 13.9. The molecule has 0 fully saturated rings. The fourth-order valence-corrected chi connectivity index (χ4v) is 1.62. The van der Waals surface area contributed by atoms with E-state index in [-0.39, 0.29) is 17.3 Å². The van der Waals surface area contributed by atoms with Crippen molar-refractivity contribution in [2.75, 3.05) is 12.4 Å². The molecule has 0 radical (unpaired) electrons. The monoisotopic (exact) mass is 308 g/mol. The van der Waals surface area contributed by atoms with E-state index in [0.29, 0.717) is 17.3 Å². The third kappa shape index (κ3) is 3.96. The minimum Gasteiger partial charge on any atom is -0.493 e. The maximum absolute atomic E-state index is 12.1. The van der Waals surface area contributed by atoms with Gasteiger partial charge in [-0.05, 0) is 18.2 Å². The van der Waals surface area contributed by atoms with Crippen molar-refractivity contribution in [1.29, 1.82) is 0 Å². The van der Waals surface area contributed by atoms with Crippen LogP contribution >= 0.6 is 15.9 Å². The van der Waals surface area contributed by atoms with Crippen LogP contribution in [0.15, 0.2) is 18.2 Å². The quantitative estimate of drug-likeness (QED) is 0.598. The van der Waals surface area contributed by atoms with E-state index in [4.69, 9.17) is 4.74 Å². The summed E-state index contributed by atoms with van der Waals surface area (Å²) in [7, 11) is 1.33. The van der Waals surface area contributed by atoms with Crippen molar-refractivity contribution in [2.45, 2.75) is 13.0 Å². The van der Waals surface area contributed by atoms with Crippen molar-refractivity contribution >= 4 is 21.7 Å². The van der Waals surface area contributed by atoms with Crippen molar-refractivity contribution in [3.8, 4) is 11.5 Å². The van der Waals surface area contributed by atoms with Crippen LogP contribution in [0.25, 0.3) is 0 Å². The molecule has 94 valence electrons. The van der Waals surface area contributed by atoms with Gasteiger partial charge in [-0.25, -0.2) is 0 Å². The molecule has 0 aliphatic carbocycles. The third-order valence-electron chi connectivity index (χ3n) is 2.02. The lowest BCUT2D eigenvalue weighted by Gasteiger charge is -2.10. The molecule has 0 unspecified atom stereocenters. The summed E-state index contributed by atoms with van der Waals surface area (Å²) >= 11 is 3.15. The number of halogens is 3. The number of alkyl halides is 3. The Balaban J connectivity index is 2.95. The van der Waals surface area contributed by atoms with Crippen molar-refractivity contribution in [2.24, 2.45) is 0 Å². The van der Waals surface area contributed by atoms with E-state index in [1.165, 1.54) is 25.3 Å². The summed E-state index contributed by atoms with van der Waals surface area (Å²) in [5, 5.41) is 0.545. The van der Waals surface area contributed by atoms with E-state index in [2.05, 4.69) is 20.7 Å². The summed E-state index contributed by atoms with van der Waals surface area (Å²) < 4.78 is 33.3. The van der Waals surface area contributed by atoms with Gasteiger partial charge in [-0.15, -0.1) is 0 Å². The lowest BCUT2D eigenvalue weighted by molar-refractivity contribution is -0.0512. The Bertz CT molecular complexity index is 396. The van der Waals surface area contributed by atoms with Gasteiger partial charge in [-0.3, -0.25) is 4.79 Å². The maximum Gasteiger partial charge on any atom is 0.387 e. The van der Waals surface area contributed by atoms with Crippen LogP contribution in [0, 0.1) is 0 Å². The summed E-state index contributed by atoms with van der Waals surface area (Å²) in [5.41, 5.74) is 0.405. The molecule has 0 aromatic heterocycles. The second-order valence-corrected chi connectivity index (χ2v) is 3.90. The van der Waals surface area contributed by atoms with Gasteiger partial charge < -0.3 is 9.47 Å². The average molecular weight is 309 g/mol. The molecular formula is C11H11BrF2O3. The van der Waals surface area contributed by atoms with Crippen LogP contribution in [0.4, 0.5) is 8.78 Å². The van der Waals surface area contributed by atoms with Crippen molar-refractivity contribution in [3.05, 3.63) is 23.8 Å². The molecule has 1 aromatic carbocycles. The number of carbonyl (C=O) groups excluding carboxylic acids is 1. The highest BCUT2D eigenvalue weighted by molar-refractivity contribution is 9.09. The highest BCUT2D eigenvalue weighted by atomic mass is 79.9. The minimum absolute atomic E-state index is 0.0853. The number of carbonyl (C=O) groups is 1. The van der Waals surface area contributed by atoms with Gasteiger partial charge in [0.15, 0.2) is 17.3 Å². The SMILES string of the molecule is COc1cc(C(=O)CCBr)ccc1OC(F)F. The van der Waals surface area contributed by atoms with Gasteiger partial charge in [-0.2, -0.15) is 8.78 Å². The largest absolute Gasteiger partial charge is 0.493 e. The number of methoxy groups -OCH3 is 1. The zero-order valence-electron chi connectivity index (χ0n) is 9.08. The van der Waals surface area contributed by atoms with Crippen LogP contribution in [-0.4, -0.2) is 24.8 Å². The van der Waals surface area contributed by atoms with Crippen LogP contribution in [0.5, 0.6) is 11.5 Å². The number of hydrogen-bond acceptors (Lipinski definition) is 3. The predicted molar refractivity (Wildman–Crippen MR) is 62.4 cm³/mol. The average Bonchev–Trinajstić information content (AvgIpc) is 2.29. The molecule has 0 aliphatic rings. The fourth-order valence-electron chi connectivity index (χ4n) is 1.26. The highest BCUT2D eigenvalue weighted by Gasteiger charge is 2.13. The molecule has 0 bridgehead atoms. The Morgan fingerprint density at radius 2 is 2.12 bits per heavy atom. The van der Waals surface area contributed by atoms with E-state index in [1.807, 2.05) is 0 Å². The van der Waals surface area contributed by atoms with Gasteiger partial charge in [0.25, 0.3) is 0 Å². The number of hydrogen-bond donors (Lipinski definition) is 0. The summed E-state index contributed by atoms with van der Waals surface area (Å²) in [6.45, 7) is -2.92.